The van der Waals surface area contributed by atoms with Crippen molar-refractivity contribution in [1.82, 2.24) is 9.80 Å². The Labute approximate surface area is 173 Å². The monoisotopic (exact) mass is 393 g/mol. The van der Waals surface area contributed by atoms with Crippen LogP contribution in [0.25, 0.3) is 0 Å². The molecule has 5 nitrogen and oxygen atoms in total. The van der Waals surface area contributed by atoms with E-state index in [-0.39, 0.29) is 17.7 Å². The number of hydrogen-bond donors (Lipinski definition) is 0. The molecule has 2 aromatic rings. The molecule has 0 unspecified atom stereocenters. The third-order valence-corrected chi connectivity index (χ3v) is 5.74. The van der Waals surface area contributed by atoms with Crippen LogP contribution in [0, 0.1) is 0 Å². The minimum Gasteiger partial charge on any atom is -0.369 e. The van der Waals surface area contributed by atoms with Crippen LogP contribution >= 0.6 is 0 Å². The predicted molar refractivity (Wildman–Crippen MR) is 117 cm³/mol. The molecule has 5 heteroatoms. The lowest BCUT2D eigenvalue weighted by Crippen LogP contribution is -2.51. The summed E-state index contributed by atoms with van der Waals surface area (Å²) in [5.74, 6) is 0.266. The van der Waals surface area contributed by atoms with Gasteiger partial charge in [-0.2, -0.15) is 0 Å². The van der Waals surface area contributed by atoms with E-state index in [0.29, 0.717) is 0 Å². The maximum atomic E-state index is 13.3. The fourth-order valence-corrected chi connectivity index (χ4v) is 4.00. The van der Waals surface area contributed by atoms with Crippen LogP contribution < -0.4 is 4.90 Å². The zero-order valence-electron chi connectivity index (χ0n) is 17.7. The molecule has 1 aliphatic heterocycles. The number of hydrogen-bond acceptors (Lipinski definition) is 4. The second-order valence-electron chi connectivity index (χ2n) is 7.45. The third-order valence-electron chi connectivity index (χ3n) is 5.74. The number of carbonyl (C=O) groups is 2. The van der Waals surface area contributed by atoms with Gasteiger partial charge in [0.1, 0.15) is 6.04 Å². The lowest BCUT2D eigenvalue weighted by atomic mass is 10.0. The van der Waals surface area contributed by atoms with Crippen LogP contribution in [0.5, 0.6) is 0 Å². The molecule has 0 N–H and O–H groups in total. The Morgan fingerprint density at radius 3 is 2.00 bits per heavy atom. The number of nitrogens with zero attached hydrogens (tertiary/aromatic N) is 3. The molecular formula is C24H31N3O2. The molecule has 0 spiro atoms. The van der Waals surface area contributed by atoms with Crippen molar-refractivity contribution in [3.8, 4) is 0 Å². The van der Waals surface area contributed by atoms with Crippen molar-refractivity contribution in [2.75, 3.05) is 44.2 Å². The van der Waals surface area contributed by atoms with Crippen molar-refractivity contribution >= 4 is 17.4 Å². The minimum absolute atomic E-state index is 0.0852. The lowest BCUT2D eigenvalue weighted by molar-refractivity contribution is -0.137. The van der Waals surface area contributed by atoms with Crippen molar-refractivity contribution in [1.29, 1.82) is 0 Å². The summed E-state index contributed by atoms with van der Waals surface area (Å²) in [7, 11) is 0. The number of amides is 1. The van der Waals surface area contributed by atoms with Gasteiger partial charge in [0.15, 0.2) is 5.78 Å². The maximum Gasteiger partial charge on any atom is 0.244 e. The smallest absolute Gasteiger partial charge is 0.244 e. The Morgan fingerprint density at radius 2 is 1.48 bits per heavy atom. The van der Waals surface area contributed by atoms with Crippen LogP contribution in [0.3, 0.4) is 0 Å². The van der Waals surface area contributed by atoms with Gasteiger partial charge in [0.25, 0.3) is 0 Å². The van der Waals surface area contributed by atoms with Crippen LogP contribution in [0.4, 0.5) is 5.69 Å². The van der Waals surface area contributed by atoms with Gasteiger partial charge in [0.05, 0.1) is 0 Å². The van der Waals surface area contributed by atoms with Gasteiger partial charge in [0.2, 0.25) is 5.91 Å². The normalized spacial score (nSPS) is 15.8. The van der Waals surface area contributed by atoms with E-state index in [0.717, 1.165) is 56.1 Å². The summed E-state index contributed by atoms with van der Waals surface area (Å²) in [5.41, 5.74) is 2.92. The van der Waals surface area contributed by atoms with Crippen molar-refractivity contribution in [3.05, 3.63) is 65.7 Å². The quantitative estimate of drug-likeness (QED) is 0.674. The van der Waals surface area contributed by atoms with Gasteiger partial charge >= 0.3 is 0 Å². The van der Waals surface area contributed by atoms with Crippen LogP contribution in [0.2, 0.25) is 0 Å². The maximum absolute atomic E-state index is 13.3. The first-order valence-electron chi connectivity index (χ1n) is 10.5. The van der Waals surface area contributed by atoms with Crippen LogP contribution in [0.15, 0.2) is 54.6 Å². The average molecular weight is 394 g/mol. The number of Topliss-reactive ketones (excluding diaryl/α,β-unsaturated/α-hetero) is 1. The van der Waals surface area contributed by atoms with E-state index in [9.17, 15) is 9.59 Å². The lowest BCUT2D eigenvalue weighted by Gasteiger charge is -2.41. The van der Waals surface area contributed by atoms with E-state index >= 15 is 0 Å². The van der Waals surface area contributed by atoms with E-state index in [1.54, 1.807) is 6.92 Å². The summed E-state index contributed by atoms with van der Waals surface area (Å²) in [6.07, 6.45) is 0. The minimum atomic E-state index is -0.238. The molecule has 1 fully saturated rings. The highest BCUT2D eigenvalue weighted by molar-refractivity contribution is 5.94. The van der Waals surface area contributed by atoms with Crippen LogP contribution in [-0.4, -0.2) is 60.8 Å². The molecule has 2 aromatic carbocycles. The SMILES string of the molecule is CCN(CC)C(=O)[C@@H](c1ccccc1)N1CCN(c2ccc(C(C)=O)cc2)CC1. The number of carbonyl (C=O) groups excluding carboxylic acids is 2. The number of likely N-dealkylation sites (N-methyl/N-ethyl adjacent to an activating group) is 1. The first-order chi connectivity index (χ1) is 14.0. The van der Waals surface area contributed by atoms with E-state index < -0.39 is 0 Å². The molecule has 0 radical (unpaired) electrons. The summed E-state index contributed by atoms with van der Waals surface area (Å²) in [6.45, 7) is 10.5. The standard InChI is InChI=1S/C24H31N3O2/c1-4-25(5-2)24(29)23(21-9-7-6-8-10-21)27-17-15-26(16-18-27)22-13-11-20(12-14-22)19(3)28/h6-14,23H,4-5,15-18H2,1-3H3/t23-/m1/s1. The highest BCUT2D eigenvalue weighted by atomic mass is 16.2. The van der Waals surface area contributed by atoms with Crippen LogP contribution in [-0.2, 0) is 4.79 Å². The molecule has 1 aliphatic rings. The van der Waals surface area contributed by atoms with Crippen LogP contribution in [0.1, 0.15) is 42.7 Å². The van der Waals surface area contributed by atoms with Gasteiger partial charge < -0.3 is 9.80 Å². The van der Waals surface area contributed by atoms with Crippen molar-refractivity contribution in [3.63, 3.8) is 0 Å². The van der Waals surface area contributed by atoms with E-state index in [4.69, 9.17) is 0 Å². The summed E-state index contributed by atoms with van der Waals surface area (Å²) >= 11 is 0. The van der Waals surface area contributed by atoms with Gasteiger partial charge in [-0.3, -0.25) is 14.5 Å². The van der Waals surface area contributed by atoms with Gasteiger partial charge in [-0.05, 0) is 50.6 Å². The Balaban J connectivity index is 1.74. The summed E-state index contributed by atoms with van der Waals surface area (Å²) in [4.78, 5) is 31.3. The highest BCUT2D eigenvalue weighted by Gasteiger charge is 2.32. The predicted octanol–water partition coefficient (Wildman–Crippen LogP) is 3.62. The molecule has 1 heterocycles. The van der Waals surface area contributed by atoms with Gasteiger partial charge in [-0.15, -0.1) is 0 Å². The number of rotatable bonds is 7. The first kappa shape index (κ1) is 21.1. The Kier molecular flexibility index (Phi) is 7.04. The number of benzene rings is 2. The molecular weight excluding hydrogens is 362 g/mol. The molecule has 1 atom stereocenters. The third kappa shape index (κ3) is 4.85. The second-order valence-corrected chi connectivity index (χ2v) is 7.45. The van der Waals surface area contributed by atoms with E-state index in [1.165, 1.54) is 0 Å². The number of anilines is 1. The zero-order chi connectivity index (χ0) is 20.8. The Morgan fingerprint density at radius 1 is 0.897 bits per heavy atom. The van der Waals surface area contributed by atoms with E-state index in [1.807, 2.05) is 61.2 Å². The molecule has 154 valence electrons. The second kappa shape index (κ2) is 9.70. The van der Waals surface area contributed by atoms with Crippen molar-refractivity contribution in [2.45, 2.75) is 26.8 Å². The molecule has 0 aliphatic carbocycles. The molecule has 1 saturated heterocycles. The van der Waals surface area contributed by atoms with Crippen molar-refractivity contribution < 1.29 is 9.59 Å². The number of piperazine rings is 1. The molecule has 0 bridgehead atoms. The molecule has 29 heavy (non-hydrogen) atoms. The largest absolute Gasteiger partial charge is 0.369 e. The first-order valence-corrected chi connectivity index (χ1v) is 10.5. The highest BCUT2D eigenvalue weighted by Crippen LogP contribution is 2.26. The summed E-state index contributed by atoms with van der Waals surface area (Å²) < 4.78 is 0. The summed E-state index contributed by atoms with van der Waals surface area (Å²) in [6, 6.07) is 17.7. The van der Waals surface area contributed by atoms with Gasteiger partial charge in [-0.25, -0.2) is 0 Å². The fourth-order valence-electron chi connectivity index (χ4n) is 4.00. The molecule has 1 amide bonds. The summed E-state index contributed by atoms with van der Waals surface area (Å²) in [5, 5.41) is 0. The Hall–Kier alpha value is -2.66. The average Bonchev–Trinajstić information content (AvgIpc) is 2.76. The molecule has 0 saturated carbocycles. The van der Waals surface area contributed by atoms with E-state index in [2.05, 4.69) is 21.9 Å². The van der Waals surface area contributed by atoms with Gasteiger partial charge in [-0.1, -0.05) is 30.3 Å². The topological polar surface area (TPSA) is 43.9 Å². The van der Waals surface area contributed by atoms with Crippen molar-refractivity contribution in [2.24, 2.45) is 0 Å². The molecule has 3 rings (SSSR count). The number of ketones is 1. The fraction of sp³-hybridized carbons (Fsp3) is 0.417. The Bertz CT molecular complexity index is 808. The molecule has 0 aromatic heterocycles. The van der Waals surface area contributed by atoms with Gasteiger partial charge in [0, 0.05) is 50.5 Å². The zero-order valence-corrected chi connectivity index (χ0v) is 17.7.